The summed E-state index contributed by atoms with van der Waals surface area (Å²) in [7, 11) is -2.72. The summed E-state index contributed by atoms with van der Waals surface area (Å²) < 4.78 is 17.6. The summed E-state index contributed by atoms with van der Waals surface area (Å²) in [6.45, 7) is 9.84. The third-order valence-electron chi connectivity index (χ3n) is 2.91. The van der Waals surface area contributed by atoms with Gasteiger partial charge in [-0.15, -0.1) is 0 Å². The quantitative estimate of drug-likeness (QED) is 0.643. The van der Waals surface area contributed by atoms with Crippen LogP contribution in [0.4, 0.5) is 0 Å². The molecular formula is C16H26O3Si. The van der Waals surface area contributed by atoms with E-state index in [-0.39, 0.29) is 0 Å². The summed E-state index contributed by atoms with van der Waals surface area (Å²) >= 11 is 0. The minimum atomic E-state index is -2.72. The Bertz CT molecular complexity index is 386. The maximum absolute atomic E-state index is 5.88. The van der Waals surface area contributed by atoms with Gasteiger partial charge >= 0.3 is 8.80 Å². The maximum atomic E-state index is 5.88. The lowest BCUT2D eigenvalue weighted by Crippen LogP contribution is -2.44. The summed E-state index contributed by atoms with van der Waals surface area (Å²) in [6.07, 6.45) is 0.923. The van der Waals surface area contributed by atoms with E-state index in [1.54, 1.807) is 0 Å². The van der Waals surface area contributed by atoms with Gasteiger partial charge in [0.15, 0.2) is 0 Å². The Kier molecular flexibility index (Phi) is 7.77. The Morgan fingerprint density at radius 2 is 1.40 bits per heavy atom. The van der Waals surface area contributed by atoms with Crippen LogP contribution in [0.5, 0.6) is 0 Å². The molecule has 0 heterocycles. The maximum Gasteiger partial charge on any atom is 0.529 e. The van der Waals surface area contributed by atoms with Crippen LogP contribution in [0.25, 0.3) is 5.57 Å². The summed E-state index contributed by atoms with van der Waals surface area (Å²) in [5, 5.41) is 0. The summed E-state index contributed by atoms with van der Waals surface area (Å²) in [5.41, 5.74) is 4.51. The van der Waals surface area contributed by atoms with Crippen LogP contribution in [-0.4, -0.2) is 28.6 Å². The van der Waals surface area contributed by atoms with Crippen molar-refractivity contribution in [2.75, 3.05) is 19.8 Å². The molecule has 0 fully saturated rings. The van der Waals surface area contributed by atoms with Gasteiger partial charge in [0.2, 0.25) is 0 Å². The highest BCUT2D eigenvalue weighted by Gasteiger charge is 2.38. The highest BCUT2D eigenvalue weighted by molar-refractivity contribution is 6.67. The van der Waals surface area contributed by atoms with E-state index in [4.69, 9.17) is 13.3 Å². The number of hydrogen-bond acceptors (Lipinski definition) is 3. The van der Waals surface area contributed by atoms with Crippen molar-refractivity contribution in [1.29, 1.82) is 0 Å². The summed E-state index contributed by atoms with van der Waals surface area (Å²) in [5.74, 6) is 0. The van der Waals surface area contributed by atoms with Crippen molar-refractivity contribution in [3.63, 3.8) is 0 Å². The van der Waals surface area contributed by atoms with E-state index in [0.29, 0.717) is 19.8 Å². The molecule has 20 heavy (non-hydrogen) atoms. The lowest BCUT2D eigenvalue weighted by molar-refractivity contribution is 0.0844. The predicted octanol–water partition coefficient (Wildman–Crippen LogP) is 4.07. The smallest absolute Gasteiger partial charge is 0.371 e. The predicted molar refractivity (Wildman–Crippen MR) is 85.3 cm³/mol. The van der Waals surface area contributed by atoms with Crippen molar-refractivity contribution < 1.29 is 13.3 Å². The van der Waals surface area contributed by atoms with Gasteiger partial charge in [0.05, 0.1) is 0 Å². The van der Waals surface area contributed by atoms with Gasteiger partial charge in [-0.05, 0) is 44.0 Å². The molecule has 0 spiro atoms. The highest BCUT2D eigenvalue weighted by atomic mass is 28.4. The van der Waals surface area contributed by atoms with E-state index in [9.17, 15) is 0 Å². The van der Waals surface area contributed by atoms with Crippen LogP contribution in [0.1, 0.15) is 39.7 Å². The molecule has 0 aliphatic rings. The van der Waals surface area contributed by atoms with Crippen molar-refractivity contribution in [1.82, 2.24) is 0 Å². The average Bonchev–Trinajstić information content (AvgIpc) is 2.46. The molecule has 0 radical (unpaired) electrons. The third kappa shape index (κ3) is 4.87. The van der Waals surface area contributed by atoms with Gasteiger partial charge < -0.3 is 13.3 Å². The Balaban J connectivity index is 3.13. The van der Waals surface area contributed by atoms with Crippen LogP contribution in [0.15, 0.2) is 36.0 Å². The van der Waals surface area contributed by atoms with Gasteiger partial charge in [0.1, 0.15) is 0 Å². The number of rotatable bonds is 9. The van der Waals surface area contributed by atoms with Crippen molar-refractivity contribution in [2.24, 2.45) is 0 Å². The molecule has 0 saturated carbocycles. The summed E-state index contributed by atoms with van der Waals surface area (Å²) in [4.78, 5) is 0. The first kappa shape index (κ1) is 17.1. The second kappa shape index (κ2) is 9.08. The van der Waals surface area contributed by atoms with Crippen LogP contribution >= 0.6 is 0 Å². The van der Waals surface area contributed by atoms with Crippen LogP contribution in [0.2, 0.25) is 0 Å². The van der Waals surface area contributed by atoms with Gasteiger partial charge in [-0.3, -0.25) is 0 Å². The zero-order chi connectivity index (χ0) is 14.8. The highest BCUT2D eigenvalue weighted by Crippen LogP contribution is 2.23. The van der Waals surface area contributed by atoms with E-state index in [1.165, 1.54) is 11.1 Å². The molecule has 0 atom stereocenters. The molecular weight excluding hydrogens is 268 g/mol. The lowest BCUT2D eigenvalue weighted by atomic mass is 10.1. The Morgan fingerprint density at radius 1 is 0.900 bits per heavy atom. The van der Waals surface area contributed by atoms with Gasteiger partial charge in [-0.1, -0.05) is 37.3 Å². The molecule has 0 amide bonds. The minimum Gasteiger partial charge on any atom is -0.371 e. The summed E-state index contributed by atoms with van der Waals surface area (Å²) in [6, 6.07) is 10.3. The van der Waals surface area contributed by atoms with E-state index >= 15 is 0 Å². The minimum absolute atomic E-state index is 0.592. The SMILES string of the molecule is CCO[Si](C=C(CC)c1ccccc1)(OCC)OCC. The van der Waals surface area contributed by atoms with E-state index < -0.39 is 8.80 Å². The molecule has 0 aromatic heterocycles. The first-order valence-corrected chi connectivity index (χ1v) is 9.20. The van der Waals surface area contributed by atoms with Crippen molar-refractivity contribution in [3.05, 3.63) is 41.6 Å². The average molecular weight is 294 g/mol. The number of benzene rings is 1. The molecule has 0 unspecified atom stereocenters. The molecule has 0 saturated heterocycles. The van der Waals surface area contributed by atoms with Gasteiger partial charge in [0.25, 0.3) is 0 Å². The topological polar surface area (TPSA) is 27.7 Å². The fraction of sp³-hybridized carbons (Fsp3) is 0.500. The Hall–Kier alpha value is -0.943. The molecule has 0 bridgehead atoms. The molecule has 3 nitrogen and oxygen atoms in total. The van der Waals surface area contributed by atoms with Crippen molar-refractivity contribution >= 4 is 14.4 Å². The van der Waals surface area contributed by atoms with E-state index in [0.717, 1.165) is 6.42 Å². The lowest BCUT2D eigenvalue weighted by Gasteiger charge is -2.26. The zero-order valence-corrected chi connectivity index (χ0v) is 14.0. The van der Waals surface area contributed by atoms with Gasteiger partial charge in [-0.2, -0.15) is 0 Å². The largest absolute Gasteiger partial charge is 0.529 e. The molecule has 0 aliphatic heterocycles. The van der Waals surface area contributed by atoms with Crippen LogP contribution < -0.4 is 0 Å². The second-order valence-electron chi connectivity index (χ2n) is 4.29. The first-order valence-electron chi connectivity index (χ1n) is 7.40. The Labute approximate surface area is 123 Å². The molecule has 1 rings (SSSR count). The monoisotopic (exact) mass is 294 g/mol. The fourth-order valence-electron chi connectivity index (χ4n) is 2.11. The molecule has 1 aromatic carbocycles. The molecule has 1 aromatic rings. The molecule has 112 valence electrons. The second-order valence-corrected chi connectivity index (χ2v) is 6.65. The van der Waals surface area contributed by atoms with Crippen molar-refractivity contribution in [3.8, 4) is 0 Å². The van der Waals surface area contributed by atoms with Gasteiger partial charge in [-0.25, -0.2) is 0 Å². The molecule has 0 N–H and O–H groups in total. The number of allylic oxidation sites excluding steroid dienone is 1. The zero-order valence-electron chi connectivity index (χ0n) is 13.0. The first-order chi connectivity index (χ1) is 9.71. The normalized spacial score (nSPS) is 12.7. The Morgan fingerprint density at radius 3 is 1.80 bits per heavy atom. The standard InChI is InChI=1S/C16H26O3Si/c1-5-15(16-12-10-9-11-13-16)14-20(17-6-2,18-7-3)19-8-4/h9-14H,5-8H2,1-4H3. The van der Waals surface area contributed by atoms with Crippen LogP contribution in [0, 0.1) is 0 Å². The van der Waals surface area contributed by atoms with E-state index in [2.05, 4.69) is 24.8 Å². The fourth-order valence-corrected chi connectivity index (χ4v) is 4.61. The van der Waals surface area contributed by atoms with E-state index in [1.807, 2.05) is 39.0 Å². The van der Waals surface area contributed by atoms with Crippen molar-refractivity contribution in [2.45, 2.75) is 34.1 Å². The van der Waals surface area contributed by atoms with Gasteiger partial charge in [0, 0.05) is 19.8 Å². The number of hydrogen-bond donors (Lipinski definition) is 0. The third-order valence-corrected chi connectivity index (χ3v) is 5.69. The molecule has 4 heteroatoms. The van der Waals surface area contributed by atoms with Crippen LogP contribution in [-0.2, 0) is 13.3 Å². The van der Waals surface area contributed by atoms with Crippen LogP contribution in [0.3, 0.4) is 0 Å². The molecule has 0 aliphatic carbocycles.